The van der Waals surface area contributed by atoms with Gasteiger partial charge in [0.15, 0.2) is 0 Å². The molecule has 1 aliphatic heterocycles. The first-order valence-corrected chi connectivity index (χ1v) is 5.13. The van der Waals surface area contributed by atoms with Gasteiger partial charge in [0.2, 0.25) is 0 Å². The Morgan fingerprint density at radius 3 is 3.07 bits per heavy atom. The average molecular weight is 204 g/mol. The first kappa shape index (κ1) is 8.77. The molecule has 1 aromatic carbocycles. The molecule has 0 spiro atoms. The molecule has 3 nitrogen and oxygen atoms in total. The van der Waals surface area contributed by atoms with E-state index in [2.05, 4.69) is 0 Å². The van der Waals surface area contributed by atoms with Crippen LogP contribution >= 0.6 is 0 Å². The smallest absolute Gasteiger partial charge is 0.141 e. The van der Waals surface area contributed by atoms with E-state index in [1.165, 1.54) is 0 Å². The second-order valence-corrected chi connectivity index (χ2v) is 4.09. The number of fused-ring (bicyclic) bond motifs is 3. The van der Waals surface area contributed by atoms with E-state index in [1.54, 1.807) is 7.11 Å². The molecule has 0 radical (unpaired) electrons. The van der Waals surface area contributed by atoms with Crippen LogP contribution in [0.25, 0.3) is 0 Å². The molecule has 78 valence electrons. The number of rotatable bonds is 1. The first-order valence-electron chi connectivity index (χ1n) is 5.13. The Kier molecular flexibility index (Phi) is 1.75. The quantitative estimate of drug-likeness (QED) is 0.699. The summed E-state index contributed by atoms with van der Waals surface area (Å²) >= 11 is 0. The normalized spacial score (nSPS) is 27.1. The van der Waals surface area contributed by atoms with Crippen LogP contribution in [-0.4, -0.2) is 19.5 Å². The SMILES string of the molecule is COc1cccc2c1[C@H]1C(=O)C[C@H]1CO2. The Balaban J connectivity index is 2.14. The van der Waals surface area contributed by atoms with Crippen LogP contribution in [0.2, 0.25) is 0 Å². The van der Waals surface area contributed by atoms with Gasteiger partial charge in [-0.15, -0.1) is 0 Å². The molecule has 2 aliphatic rings. The van der Waals surface area contributed by atoms with Gasteiger partial charge in [0.1, 0.15) is 17.3 Å². The van der Waals surface area contributed by atoms with Crippen LogP contribution < -0.4 is 9.47 Å². The Labute approximate surface area is 88.0 Å². The molecule has 0 saturated heterocycles. The van der Waals surface area contributed by atoms with Crippen LogP contribution in [0.3, 0.4) is 0 Å². The Morgan fingerprint density at radius 1 is 1.47 bits per heavy atom. The number of hydrogen-bond donors (Lipinski definition) is 0. The van der Waals surface area contributed by atoms with Crippen molar-refractivity contribution in [1.82, 2.24) is 0 Å². The summed E-state index contributed by atoms with van der Waals surface area (Å²) in [4.78, 5) is 11.6. The van der Waals surface area contributed by atoms with Crippen molar-refractivity contribution >= 4 is 5.78 Å². The number of ketones is 1. The Morgan fingerprint density at radius 2 is 2.33 bits per heavy atom. The fourth-order valence-corrected chi connectivity index (χ4v) is 2.49. The van der Waals surface area contributed by atoms with Crippen LogP contribution in [0.15, 0.2) is 18.2 Å². The zero-order valence-electron chi connectivity index (χ0n) is 8.53. The molecule has 0 N–H and O–H groups in total. The van der Waals surface area contributed by atoms with Gasteiger partial charge in [-0.1, -0.05) is 6.07 Å². The van der Waals surface area contributed by atoms with Crippen molar-refractivity contribution in [2.24, 2.45) is 5.92 Å². The number of carbonyl (C=O) groups is 1. The molecule has 1 heterocycles. The highest BCUT2D eigenvalue weighted by Crippen LogP contribution is 2.50. The minimum Gasteiger partial charge on any atom is -0.496 e. The van der Waals surface area contributed by atoms with Crippen LogP contribution in [-0.2, 0) is 4.79 Å². The first-order chi connectivity index (χ1) is 7.31. The summed E-state index contributed by atoms with van der Waals surface area (Å²) in [5.41, 5.74) is 0.951. The van der Waals surface area contributed by atoms with Crippen LogP contribution in [0.5, 0.6) is 11.5 Å². The molecule has 2 atom stereocenters. The average Bonchev–Trinajstić information content (AvgIpc) is 2.25. The summed E-state index contributed by atoms with van der Waals surface area (Å²) in [6.45, 7) is 0.663. The predicted molar refractivity (Wildman–Crippen MR) is 54.3 cm³/mol. The highest BCUT2D eigenvalue weighted by Gasteiger charge is 2.46. The van der Waals surface area contributed by atoms with E-state index in [1.807, 2.05) is 18.2 Å². The summed E-state index contributed by atoms with van der Waals surface area (Å²) < 4.78 is 10.9. The molecule has 0 amide bonds. The third-order valence-corrected chi connectivity index (χ3v) is 3.29. The summed E-state index contributed by atoms with van der Waals surface area (Å²) in [7, 11) is 1.63. The van der Waals surface area contributed by atoms with Crippen molar-refractivity contribution in [3.63, 3.8) is 0 Å². The lowest BCUT2D eigenvalue weighted by atomic mass is 9.67. The van der Waals surface area contributed by atoms with Gasteiger partial charge in [-0.2, -0.15) is 0 Å². The molecule has 1 saturated carbocycles. The zero-order valence-corrected chi connectivity index (χ0v) is 8.53. The summed E-state index contributed by atoms with van der Waals surface area (Å²) in [5.74, 6) is 2.28. The van der Waals surface area contributed by atoms with Gasteiger partial charge in [-0.3, -0.25) is 4.79 Å². The summed E-state index contributed by atoms with van der Waals surface area (Å²) in [5, 5.41) is 0. The molecule has 3 heteroatoms. The van der Waals surface area contributed by atoms with Crippen molar-refractivity contribution in [2.75, 3.05) is 13.7 Å². The number of Topliss-reactive ketones (excluding diaryl/α,β-unsaturated/α-hetero) is 1. The van der Waals surface area contributed by atoms with Crippen LogP contribution in [0.1, 0.15) is 17.9 Å². The topological polar surface area (TPSA) is 35.5 Å². The third-order valence-electron chi connectivity index (χ3n) is 3.29. The van der Waals surface area contributed by atoms with Crippen molar-refractivity contribution in [2.45, 2.75) is 12.3 Å². The maximum Gasteiger partial charge on any atom is 0.141 e. The number of methoxy groups -OCH3 is 1. The summed E-state index contributed by atoms with van der Waals surface area (Å²) in [6.07, 6.45) is 0.655. The number of ether oxygens (including phenoxy) is 2. The molecule has 0 aromatic heterocycles. The fraction of sp³-hybridized carbons (Fsp3) is 0.417. The Bertz CT molecular complexity index is 411. The molecule has 0 bridgehead atoms. The zero-order chi connectivity index (χ0) is 10.4. The maximum absolute atomic E-state index is 11.6. The monoisotopic (exact) mass is 204 g/mol. The number of hydrogen-bond acceptors (Lipinski definition) is 3. The van der Waals surface area contributed by atoms with Crippen LogP contribution in [0.4, 0.5) is 0 Å². The molecule has 1 fully saturated rings. The lowest BCUT2D eigenvalue weighted by Gasteiger charge is -2.40. The predicted octanol–water partition coefficient (Wildman–Crippen LogP) is 1.76. The van der Waals surface area contributed by atoms with Gasteiger partial charge in [0.25, 0.3) is 0 Å². The largest absolute Gasteiger partial charge is 0.496 e. The van der Waals surface area contributed by atoms with E-state index in [0.29, 0.717) is 24.7 Å². The van der Waals surface area contributed by atoms with Crippen molar-refractivity contribution in [1.29, 1.82) is 0 Å². The van der Waals surface area contributed by atoms with Gasteiger partial charge >= 0.3 is 0 Å². The Hall–Kier alpha value is -1.51. The summed E-state index contributed by atoms with van der Waals surface area (Å²) in [6, 6.07) is 5.68. The van der Waals surface area contributed by atoms with E-state index in [4.69, 9.17) is 9.47 Å². The van der Waals surface area contributed by atoms with Gasteiger partial charge in [0.05, 0.1) is 19.6 Å². The highest BCUT2D eigenvalue weighted by molar-refractivity contribution is 5.94. The van der Waals surface area contributed by atoms with E-state index >= 15 is 0 Å². The van der Waals surface area contributed by atoms with E-state index in [-0.39, 0.29) is 5.92 Å². The van der Waals surface area contributed by atoms with Crippen molar-refractivity contribution < 1.29 is 14.3 Å². The molecule has 3 rings (SSSR count). The van der Waals surface area contributed by atoms with E-state index in [9.17, 15) is 4.79 Å². The molecular weight excluding hydrogens is 192 g/mol. The minimum atomic E-state index is 0.0184. The molecule has 0 unspecified atom stereocenters. The van der Waals surface area contributed by atoms with Crippen LogP contribution in [0, 0.1) is 5.92 Å². The third kappa shape index (κ3) is 1.09. The van der Waals surface area contributed by atoms with Gasteiger partial charge in [-0.05, 0) is 12.1 Å². The number of carbonyl (C=O) groups excluding carboxylic acids is 1. The maximum atomic E-state index is 11.6. The van der Waals surface area contributed by atoms with E-state index in [0.717, 1.165) is 17.1 Å². The fourth-order valence-electron chi connectivity index (χ4n) is 2.49. The minimum absolute atomic E-state index is 0.0184. The molecule has 15 heavy (non-hydrogen) atoms. The highest BCUT2D eigenvalue weighted by atomic mass is 16.5. The van der Waals surface area contributed by atoms with Crippen molar-refractivity contribution in [3.05, 3.63) is 23.8 Å². The van der Waals surface area contributed by atoms with Gasteiger partial charge in [0, 0.05) is 17.9 Å². The molecular formula is C12H12O3. The lowest BCUT2D eigenvalue weighted by Crippen LogP contribution is -2.41. The van der Waals surface area contributed by atoms with Gasteiger partial charge < -0.3 is 9.47 Å². The second kappa shape index (κ2) is 2.99. The molecule has 1 aromatic rings. The second-order valence-electron chi connectivity index (χ2n) is 4.09. The van der Waals surface area contributed by atoms with Crippen molar-refractivity contribution in [3.8, 4) is 11.5 Å². The standard InChI is InChI=1S/C12H12O3/c1-14-9-3-2-4-10-12(9)11-7(6-15-10)5-8(11)13/h2-4,7,11H,5-6H2,1H3/t7-,11+/m0/s1. The molecule has 1 aliphatic carbocycles. The van der Waals surface area contributed by atoms with E-state index < -0.39 is 0 Å². The van der Waals surface area contributed by atoms with Gasteiger partial charge in [-0.25, -0.2) is 0 Å². The number of benzene rings is 1. The lowest BCUT2D eigenvalue weighted by molar-refractivity contribution is -0.131.